The van der Waals surface area contributed by atoms with E-state index >= 15 is 0 Å². The molecule has 5 heteroatoms. The molecule has 0 saturated carbocycles. The van der Waals surface area contributed by atoms with Gasteiger partial charge in [0.05, 0.1) is 12.3 Å². The zero-order valence-electron chi connectivity index (χ0n) is 8.83. The normalized spacial score (nSPS) is 10.4. The molecule has 84 valence electrons. The van der Waals surface area contributed by atoms with Crippen LogP contribution in [-0.4, -0.2) is 16.8 Å². The van der Waals surface area contributed by atoms with E-state index in [1.807, 2.05) is 6.92 Å². The number of halogens is 1. The number of nitrogens with zero attached hydrogens (tertiary/aromatic N) is 1. The number of aromatic amines is 1. The van der Waals surface area contributed by atoms with Crippen LogP contribution in [-0.2, 0) is 0 Å². The van der Waals surface area contributed by atoms with Gasteiger partial charge < -0.3 is 10.5 Å². The quantitative estimate of drug-likeness (QED) is 0.835. The van der Waals surface area contributed by atoms with Crippen molar-refractivity contribution in [3.63, 3.8) is 0 Å². The van der Waals surface area contributed by atoms with E-state index in [-0.39, 0.29) is 5.82 Å². The predicted molar refractivity (Wildman–Crippen MR) is 59.6 cm³/mol. The highest BCUT2D eigenvalue weighted by atomic mass is 19.1. The zero-order valence-corrected chi connectivity index (χ0v) is 8.83. The number of anilines is 1. The van der Waals surface area contributed by atoms with Gasteiger partial charge in [-0.15, -0.1) is 0 Å². The third-order valence-corrected chi connectivity index (χ3v) is 2.13. The molecule has 0 amide bonds. The van der Waals surface area contributed by atoms with Gasteiger partial charge >= 0.3 is 0 Å². The maximum atomic E-state index is 13.2. The van der Waals surface area contributed by atoms with E-state index in [0.29, 0.717) is 29.4 Å². The van der Waals surface area contributed by atoms with Crippen molar-refractivity contribution < 1.29 is 9.13 Å². The van der Waals surface area contributed by atoms with Crippen LogP contribution in [0.25, 0.3) is 11.3 Å². The predicted octanol–water partition coefficient (Wildman–Crippen LogP) is 2.20. The molecule has 1 aromatic heterocycles. The molecule has 0 radical (unpaired) electrons. The molecule has 0 aliphatic carbocycles. The average Bonchev–Trinajstić information content (AvgIpc) is 2.68. The number of aromatic nitrogens is 2. The van der Waals surface area contributed by atoms with Crippen molar-refractivity contribution in [2.24, 2.45) is 0 Å². The van der Waals surface area contributed by atoms with Gasteiger partial charge in [-0.05, 0) is 25.1 Å². The van der Waals surface area contributed by atoms with Gasteiger partial charge in [0.15, 0.2) is 0 Å². The number of H-pyrrole nitrogens is 1. The fraction of sp³-hybridized carbons (Fsp3) is 0.182. The Kier molecular flexibility index (Phi) is 2.76. The number of ether oxygens (including phenoxy) is 1. The fourth-order valence-corrected chi connectivity index (χ4v) is 1.47. The maximum Gasteiger partial charge on any atom is 0.145 e. The first-order chi connectivity index (χ1) is 7.70. The minimum atomic E-state index is -0.327. The standard InChI is InChI=1S/C11H12FN3O/c1-2-16-10-4-3-7(12)5-8(10)9-6-11(13)15-14-9/h3-6H,2H2,1H3,(H3,13,14,15). The van der Waals surface area contributed by atoms with Crippen molar-refractivity contribution in [1.29, 1.82) is 0 Å². The second-order valence-electron chi connectivity index (χ2n) is 3.28. The SMILES string of the molecule is CCOc1ccc(F)cc1-c1cc(N)n[nH]1. The van der Waals surface area contributed by atoms with Gasteiger partial charge in [-0.2, -0.15) is 5.10 Å². The second-order valence-corrected chi connectivity index (χ2v) is 3.28. The Labute approximate surface area is 92.2 Å². The number of rotatable bonds is 3. The van der Waals surface area contributed by atoms with E-state index in [9.17, 15) is 4.39 Å². The first-order valence-electron chi connectivity index (χ1n) is 4.94. The summed E-state index contributed by atoms with van der Waals surface area (Å²) >= 11 is 0. The zero-order chi connectivity index (χ0) is 11.5. The van der Waals surface area contributed by atoms with Gasteiger partial charge in [0.1, 0.15) is 17.4 Å². The third kappa shape index (κ3) is 1.98. The number of nitrogens with two attached hydrogens (primary N) is 1. The van der Waals surface area contributed by atoms with Crippen molar-refractivity contribution in [3.8, 4) is 17.0 Å². The smallest absolute Gasteiger partial charge is 0.145 e. The number of nitrogen functional groups attached to an aromatic ring is 1. The van der Waals surface area contributed by atoms with Crippen LogP contribution in [0.4, 0.5) is 10.2 Å². The van der Waals surface area contributed by atoms with Crippen LogP contribution < -0.4 is 10.5 Å². The van der Waals surface area contributed by atoms with E-state index < -0.39 is 0 Å². The summed E-state index contributed by atoms with van der Waals surface area (Å²) in [6.07, 6.45) is 0. The average molecular weight is 221 g/mol. The van der Waals surface area contributed by atoms with Crippen LogP contribution in [0.15, 0.2) is 24.3 Å². The first kappa shape index (κ1) is 10.5. The molecule has 4 nitrogen and oxygen atoms in total. The van der Waals surface area contributed by atoms with Gasteiger partial charge in [-0.1, -0.05) is 0 Å². The van der Waals surface area contributed by atoms with Crippen LogP contribution >= 0.6 is 0 Å². The number of benzene rings is 1. The Morgan fingerprint density at radius 1 is 1.44 bits per heavy atom. The highest BCUT2D eigenvalue weighted by molar-refractivity contribution is 5.69. The molecule has 1 aromatic carbocycles. The van der Waals surface area contributed by atoms with E-state index in [1.165, 1.54) is 12.1 Å². The summed E-state index contributed by atoms with van der Waals surface area (Å²) in [6, 6.07) is 5.97. The highest BCUT2D eigenvalue weighted by Gasteiger charge is 2.09. The summed E-state index contributed by atoms with van der Waals surface area (Å²) in [6.45, 7) is 2.39. The lowest BCUT2D eigenvalue weighted by Crippen LogP contribution is -1.94. The van der Waals surface area contributed by atoms with Gasteiger partial charge in [-0.3, -0.25) is 5.10 Å². The van der Waals surface area contributed by atoms with Gasteiger partial charge in [0, 0.05) is 11.6 Å². The summed E-state index contributed by atoms with van der Waals surface area (Å²) < 4.78 is 18.6. The minimum absolute atomic E-state index is 0.327. The van der Waals surface area contributed by atoms with Crippen molar-refractivity contribution in [2.45, 2.75) is 6.92 Å². The molecule has 1 heterocycles. The van der Waals surface area contributed by atoms with Crippen molar-refractivity contribution >= 4 is 5.82 Å². The van der Waals surface area contributed by atoms with E-state index in [2.05, 4.69) is 10.2 Å². The monoisotopic (exact) mass is 221 g/mol. The molecule has 0 aliphatic rings. The summed E-state index contributed by atoms with van der Waals surface area (Å²) in [7, 11) is 0. The lowest BCUT2D eigenvalue weighted by molar-refractivity contribution is 0.341. The molecule has 3 N–H and O–H groups in total. The minimum Gasteiger partial charge on any atom is -0.493 e. The number of nitrogens with one attached hydrogen (secondary N) is 1. The molecular formula is C11H12FN3O. The largest absolute Gasteiger partial charge is 0.493 e. The summed E-state index contributed by atoms with van der Waals surface area (Å²) in [5.74, 6) is 0.640. The van der Waals surface area contributed by atoms with Crippen molar-refractivity contribution in [3.05, 3.63) is 30.1 Å². The Hall–Kier alpha value is -2.04. The van der Waals surface area contributed by atoms with E-state index in [4.69, 9.17) is 10.5 Å². The molecule has 0 spiro atoms. The number of hydrogen-bond acceptors (Lipinski definition) is 3. The van der Waals surface area contributed by atoms with Crippen molar-refractivity contribution in [1.82, 2.24) is 10.2 Å². The summed E-state index contributed by atoms with van der Waals surface area (Å²) in [5.41, 5.74) is 6.76. The van der Waals surface area contributed by atoms with Crippen LogP contribution in [0.3, 0.4) is 0 Å². The third-order valence-electron chi connectivity index (χ3n) is 2.13. The van der Waals surface area contributed by atoms with Gasteiger partial charge in [0.2, 0.25) is 0 Å². The molecule has 16 heavy (non-hydrogen) atoms. The Morgan fingerprint density at radius 2 is 2.25 bits per heavy atom. The van der Waals surface area contributed by atoms with Crippen LogP contribution in [0.1, 0.15) is 6.92 Å². The van der Waals surface area contributed by atoms with Crippen molar-refractivity contribution in [2.75, 3.05) is 12.3 Å². The molecule has 2 rings (SSSR count). The Bertz CT molecular complexity index is 496. The first-order valence-corrected chi connectivity index (χ1v) is 4.94. The van der Waals surface area contributed by atoms with E-state index in [1.54, 1.807) is 12.1 Å². The molecule has 0 atom stereocenters. The summed E-state index contributed by atoms with van der Waals surface area (Å²) in [5, 5.41) is 6.52. The Balaban J connectivity index is 2.48. The second kappa shape index (κ2) is 4.22. The lowest BCUT2D eigenvalue weighted by atomic mass is 10.1. The molecule has 2 aromatic rings. The lowest BCUT2D eigenvalue weighted by Gasteiger charge is -2.08. The summed E-state index contributed by atoms with van der Waals surface area (Å²) in [4.78, 5) is 0. The molecule has 0 fully saturated rings. The van der Waals surface area contributed by atoms with Crippen LogP contribution in [0, 0.1) is 5.82 Å². The number of hydrogen-bond donors (Lipinski definition) is 2. The molecular weight excluding hydrogens is 209 g/mol. The highest BCUT2D eigenvalue weighted by Crippen LogP contribution is 2.30. The molecule has 0 unspecified atom stereocenters. The van der Waals surface area contributed by atoms with E-state index in [0.717, 1.165) is 0 Å². The van der Waals surface area contributed by atoms with Gasteiger partial charge in [-0.25, -0.2) is 4.39 Å². The molecule has 0 aliphatic heterocycles. The Morgan fingerprint density at radius 3 is 2.88 bits per heavy atom. The maximum absolute atomic E-state index is 13.2. The molecule has 0 bridgehead atoms. The van der Waals surface area contributed by atoms with Crippen LogP contribution in [0.2, 0.25) is 0 Å². The fourth-order valence-electron chi connectivity index (χ4n) is 1.47. The molecule has 0 saturated heterocycles. The van der Waals surface area contributed by atoms with Crippen LogP contribution in [0.5, 0.6) is 5.75 Å². The topological polar surface area (TPSA) is 63.9 Å². The van der Waals surface area contributed by atoms with Gasteiger partial charge in [0.25, 0.3) is 0 Å².